The minimum atomic E-state index is 0.645. The number of hydrogen-bond donors (Lipinski definition) is 1. The molecule has 2 rings (SSSR count). The Morgan fingerprint density at radius 1 is 1.58 bits per heavy atom. The van der Waals surface area contributed by atoms with Crippen LogP contribution in [0.5, 0.6) is 0 Å². The van der Waals surface area contributed by atoms with E-state index in [1.165, 1.54) is 6.42 Å². The van der Waals surface area contributed by atoms with Crippen LogP contribution in [0.25, 0.3) is 0 Å². The van der Waals surface area contributed by atoms with Crippen LogP contribution >= 0.6 is 15.9 Å². The van der Waals surface area contributed by atoms with Crippen LogP contribution in [0.2, 0.25) is 0 Å². The van der Waals surface area contributed by atoms with Crippen LogP contribution in [0.4, 0.5) is 5.82 Å². The minimum absolute atomic E-state index is 0.645. The zero-order valence-electron chi connectivity index (χ0n) is 6.92. The highest BCUT2D eigenvalue weighted by atomic mass is 79.9. The molecular formula is C9H11BrN2. The zero-order valence-corrected chi connectivity index (χ0v) is 8.51. The van der Waals surface area contributed by atoms with Crippen LogP contribution in [0.15, 0.2) is 22.8 Å². The lowest BCUT2D eigenvalue weighted by Crippen LogP contribution is -2.04. The first-order valence-electron chi connectivity index (χ1n) is 4.15. The number of nitrogens with one attached hydrogen (secondary N) is 1. The normalized spacial score (nSPS) is 26.8. The summed E-state index contributed by atoms with van der Waals surface area (Å²) in [4.78, 5) is 4.29. The molecule has 0 aromatic carbocycles. The molecule has 0 aliphatic heterocycles. The van der Waals surface area contributed by atoms with Gasteiger partial charge in [0.05, 0.1) is 0 Å². The lowest BCUT2D eigenvalue weighted by atomic mass is 10.4. The third-order valence-corrected chi connectivity index (χ3v) is 2.60. The van der Waals surface area contributed by atoms with Gasteiger partial charge in [-0.15, -0.1) is 0 Å². The predicted octanol–water partition coefficient (Wildman–Crippen LogP) is 2.66. The number of anilines is 1. The van der Waals surface area contributed by atoms with Gasteiger partial charge in [-0.05, 0) is 40.4 Å². The lowest BCUT2D eigenvalue weighted by Gasteiger charge is -2.02. The van der Waals surface area contributed by atoms with Crippen LogP contribution < -0.4 is 5.32 Å². The Morgan fingerprint density at radius 3 is 2.92 bits per heavy atom. The molecule has 64 valence electrons. The molecule has 0 saturated heterocycles. The van der Waals surface area contributed by atoms with E-state index >= 15 is 0 Å². The van der Waals surface area contributed by atoms with Gasteiger partial charge in [-0.1, -0.05) is 13.0 Å². The maximum absolute atomic E-state index is 4.29. The van der Waals surface area contributed by atoms with Gasteiger partial charge in [0.1, 0.15) is 10.4 Å². The van der Waals surface area contributed by atoms with E-state index in [9.17, 15) is 0 Å². The van der Waals surface area contributed by atoms with Gasteiger partial charge in [-0.25, -0.2) is 4.98 Å². The highest BCUT2D eigenvalue weighted by Crippen LogP contribution is 2.32. The first kappa shape index (κ1) is 8.05. The second-order valence-corrected chi connectivity index (χ2v) is 4.12. The number of hydrogen-bond acceptors (Lipinski definition) is 2. The fourth-order valence-corrected chi connectivity index (χ4v) is 1.55. The predicted molar refractivity (Wildman–Crippen MR) is 53.1 cm³/mol. The Hall–Kier alpha value is -0.570. The fourth-order valence-electron chi connectivity index (χ4n) is 1.20. The quantitative estimate of drug-likeness (QED) is 0.785. The van der Waals surface area contributed by atoms with Crippen LogP contribution in [-0.2, 0) is 0 Å². The summed E-state index contributed by atoms with van der Waals surface area (Å²) in [7, 11) is 0. The van der Waals surface area contributed by atoms with E-state index in [-0.39, 0.29) is 0 Å². The van der Waals surface area contributed by atoms with E-state index in [1.54, 1.807) is 0 Å². The molecule has 3 heteroatoms. The molecule has 0 spiro atoms. The highest BCUT2D eigenvalue weighted by Gasteiger charge is 2.32. The molecule has 1 aromatic rings. The number of aromatic nitrogens is 1. The molecule has 1 aliphatic carbocycles. The van der Waals surface area contributed by atoms with Crippen LogP contribution in [0.1, 0.15) is 13.3 Å². The zero-order chi connectivity index (χ0) is 8.55. The van der Waals surface area contributed by atoms with Gasteiger partial charge in [0.15, 0.2) is 0 Å². The van der Waals surface area contributed by atoms with E-state index in [2.05, 4.69) is 33.2 Å². The smallest absolute Gasteiger partial charge is 0.127 e. The molecule has 1 aromatic heterocycles. The van der Waals surface area contributed by atoms with Crippen molar-refractivity contribution in [2.75, 3.05) is 5.32 Å². The van der Waals surface area contributed by atoms with E-state index in [0.717, 1.165) is 16.3 Å². The Bertz CT molecular complexity index is 288. The average molecular weight is 227 g/mol. The Kier molecular flexibility index (Phi) is 2.05. The molecule has 12 heavy (non-hydrogen) atoms. The Labute approximate surface area is 80.5 Å². The van der Waals surface area contributed by atoms with Gasteiger partial charge in [-0.2, -0.15) is 0 Å². The van der Waals surface area contributed by atoms with E-state index < -0.39 is 0 Å². The summed E-state index contributed by atoms with van der Waals surface area (Å²) < 4.78 is 0.890. The highest BCUT2D eigenvalue weighted by molar-refractivity contribution is 9.10. The van der Waals surface area contributed by atoms with E-state index in [0.29, 0.717) is 6.04 Å². The molecule has 1 saturated carbocycles. The molecule has 0 amide bonds. The van der Waals surface area contributed by atoms with Gasteiger partial charge in [0.2, 0.25) is 0 Å². The number of halogens is 1. The number of rotatable bonds is 2. The van der Waals surface area contributed by atoms with Crippen molar-refractivity contribution in [3.05, 3.63) is 22.8 Å². The largest absolute Gasteiger partial charge is 0.367 e. The fraction of sp³-hybridized carbons (Fsp3) is 0.444. The molecule has 1 N–H and O–H groups in total. The maximum atomic E-state index is 4.29. The van der Waals surface area contributed by atoms with E-state index in [4.69, 9.17) is 0 Å². The summed E-state index contributed by atoms with van der Waals surface area (Å²) in [5, 5.41) is 3.37. The summed E-state index contributed by atoms with van der Waals surface area (Å²) in [5.41, 5.74) is 0. The van der Waals surface area contributed by atoms with Crippen molar-refractivity contribution < 1.29 is 0 Å². The molecule has 1 heterocycles. The topological polar surface area (TPSA) is 24.9 Å². The third kappa shape index (κ3) is 1.78. The van der Waals surface area contributed by atoms with Gasteiger partial charge in [-0.3, -0.25) is 0 Å². The maximum Gasteiger partial charge on any atom is 0.127 e. The van der Waals surface area contributed by atoms with Crippen molar-refractivity contribution in [1.29, 1.82) is 0 Å². The standard InChI is InChI=1S/C9H11BrN2/c1-6-5-7(6)11-9-4-2-3-8(10)12-9/h2-4,6-7H,5H2,1H3,(H,11,12). The molecule has 2 nitrogen and oxygen atoms in total. The SMILES string of the molecule is CC1CC1Nc1cccc(Br)n1. The van der Waals surface area contributed by atoms with Crippen molar-refractivity contribution in [1.82, 2.24) is 4.98 Å². The van der Waals surface area contributed by atoms with Gasteiger partial charge >= 0.3 is 0 Å². The van der Waals surface area contributed by atoms with Gasteiger partial charge < -0.3 is 5.32 Å². The summed E-state index contributed by atoms with van der Waals surface area (Å²) >= 11 is 3.34. The minimum Gasteiger partial charge on any atom is -0.367 e. The van der Waals surface area contributed by atoms with Crippen molar-refractivity contribution in [2.24, 2.45) is 5.92 Å². The molecule has 2 atom stereocenters. The molecular weight excluding hydrogens is 216 g/mol. The average Bonchev–Trinajstić information content (AvgIpc) is 2.66. The monoisotopic (exact) mass is 226 g/mol. The Balaban J connectivity index is 2.03. The summed E-state index contributed by atoms with van der Waals surface area (Å²) in [6.45, 7) is 2.25. The number of pyridine rings is 1. The second-order valence-electron chi connectivity index (χ2n) is 3.31. The molecule has 0 radical (unpaired) electrons. The molecule has 2 unspecified atom stereocenters. The molecule has 0 bridgehead atoms. The summed E-state index contributed by atoms with van der Waals surface area (Å²) in [5.74, 6) is 1.78. The van der Waals surface area contributed by atoms with Crippen molar-refractivity contribution in [3.63, 3.8) is 0 Å². The summed E-state index contributed by atoms with van der Waals surface area (Å²) in [6.07, 6.45) is 1.27. The van der Waals surface area contributed by atoms with Gasteiger partial charge in [0.25, 0.3) is 0 Å². The molecule has 1 fully saturated rings. The first-order valence-corrected chi connectivity index (χ1v) is 4.94. The van der Waals surface area contributed by atoms with Crippen LogP contribution in [-0.4, -0.2) is 11.0 Å². The van der Waals surface area contributed by atoms with Crippen molar-refractivity contribution in [3.8, 4) is 0 Å². The number of nitrogens with zero attached hydrogens (tertiary/aromatic N) is 1. The van der Waals surface area contributed by atoms with Crippen LogP contribution in [0, 0.1) is 5.92 Å². The van der Waals surface area contributed by atoms with Crippen LogP contribution in [0.3, 0.4) is 0 Å². The second kappa shape index (κ2) is 3.05. The third-order valence-electron chi connectivity index (χ3n) is 2.16. The summed E-state index contributed by atoms with van der Waals surface area (Å²) in [6, 6.07) is 6.57. The van der Waals surface area contributed by atoms with Gasteiger partial charge in [0, 0.05) is 6.04 Å². The van der Waals surface area contributed by atoms with E-state index in [1.807, 2.05) is 18.2 Å². The molecule has 1 aliphatic rings. The lowest BCUT2D eigenvalue weighted by molar-refractivity contribution is 0.923. The van der Waals surface area contributed by atoms with Crippen molar-refractivity contribution >= 4 is 21.7 Å². The Morgan fingerprint density at radius 2 is 2.33 bits per heavy atom. The first-order chi connectivity index (χ1) is 5.75. The van der Waals surface area contributed by atoms with Crippen molar-refractivity contribution in [2.45, 2.75) is 19.4 Å².